The van der Waals surface area contributed by atoms with Gasteiger partial charge in [0.05, 0.1) is 7.11 Å². The van der Waals surface area contributed by atoms with Gasteiger partial charge in [-0.1, -0.05) is 36.4 Å². The zero-order valence-electron chi connectivity index (χ0n) is 17.4. The van der Waals surface area contributed by atoms with Crippen molar-refractivity contribution in [1.82, 2.24) is 4.90 Å². The minimum atomic E-state index is -0.221. The predicted molar refractivity (Wildman–Crippen MR) is 117 cm³/mol. The number of rotatable bonds is 9. The molecule has 3 aromatic rings. The Hall–Kier alpha value is -3.73. The molecule has 0 saturated carbocycles. The van der Waals surface area contributed by atoms with Gasteiger partial charge in [-0.15, -0.1) is 0 Å². The Morgan fingerprint density at radius 3 is 2.23 bits per heavy atom. The number of carbonyl (C=O) groups is 1. The Balaban J connectivity index is 1.72. The van der Waals surface area contributed by atoms with E-state index in [-0.39, 0.29) is 11.5 Å². The minimum Gasteiger partial charge on any atom is -0.497 e. The van der Waals surface area contributed by atoms with Crippen LogP contribution in [0.5, 0.6) is 17.2 Å². The number of ketones is 1. The van der Waals surface area contributed by atoms with Crippen LogP contribution in [0.3, 0.4) is 0 Å². The molecule has 0 unspecified atom stereocenters. The van der Waals surface area contributed by atoms with Crippen LogP contribution < -0.4 is 14.2 Å². The number of nitrogens with zero attached hydrogens (tertiary/aromatic N) is 1. The highest BCUT2D eigenvalue weighted by molar-refractivity contribution is 6.07. The number of Topliss-reactive ketones (excluding diaryl/α,β-unsaturated/α-hetero) is 1. The van der Waals surface area contributed by atoms with Crippen LogP contribution >= 0.6 is 0 Å². The maximum absolute atomic E-state index is 13.0. The summed E-state index contributed by atoms with van der Waals surface area (Å²) >= 11 is 0. The highest BCUT2D eigenvalue weighted by Gasteiger charge is 2.16. The van der Waals surface area contributed by atoms with Crippen LogP contribution in [-0.4, -0.2) is 31.9 Å². The van der Waals surface area contributed by atoms with Crippen LogP contribution in [0.25, 0.3) is 0 Å². The summed E-state index contributed by atoms with van der Waals surface area (Å²) < 4.78 is 16.9. The third kappa shape index (κ3) is 5.88. The molecule has 0 saturated heterocycles. The zero-order valence-corrected chi connectivity index (χ0v) is 17.4. The Labute approximate surface area is 177 Å². The maximum atomic E-state index is 13.0. The Morgan fingerprint density at radius 2 is 1.57 bits per heavy atom. The highest BCUT2D eigenvalue weighted by atomic mass is 16.5. The van der Waals surface area contributed by atoms with Crippen molar-refractivity contribution in [3.8, 4) is 17.2 Å². The molecule has 0 fully saturated rings. The second-order valence-corrected chi connectivity index (χ2v) is 6.87. The fourth-order valence-corrected chi connectivity index (χ4v) is 2.74. The number of hydrogen-bond acceptors (Lipinski definition) is 5. The molecule has 0 radical (unpaired) electrons. The molecule has 0 N–H and O–H groups in total. The highest BCUT2D eigenvalue weighted by Crippen LogP contribution is 2.23. The van der Waals surface area contributed by atoms with Crippen LogP contribution in [0, 0.1) is 0 Å². The summed E-state index contributed by atoms with van der Waals surface area (Å²) in [5, 5.41) is 0. The second kappa shape index (κ2) is 10.2. The van der Waals surface area contributed by atoms with Crippen molar-refractivity contribution in [3.05, 3.63) is 102 Å². The van der Waals surface area contributed by atoms with Crippen molar-refractivity contribution in [2.24, 2.45) is 0 Å². The zero-order chi connectivity index (χ0) is 21.3. The monoisotopic (exact) mass is 403 g/mol. The molecule has 0 aliphatic rings. The molecule has 5 heteroatoms. The Bertz CT molecular complexity index is 995. The van der Waals surface area contributed by atoms with E-state index in [1.165, 1.54) is 0 Å². The first kappa shape index (κ1) is 21.0. The first-order valence-corrected chi connectivity index (χ1v) is 9.57. The number of ether oxygens (including phenoxy) is 3. The second-order valence-electron chi connectivity index (χ2n) is 6.87. The summed E-state index contributed by atoms with van der Waals surface area (Å²) in [6.45, 7) is 0.471. The van der Waals surface area contributed by atoms with Crippen LogP contribution in [0.4, 0.5) is 0 Å². The minimum absolute atomic E-state index is 0.214. The first-order valence-electron chi connectivity index (χ1n) is 9.57. The summed E-state index contributed by atoms with van der Waals surface area (Å²) in [6, 6.07) is 24.1. The summed E-state index contributed by atoms with van der Waals surface area (Å²) in [5.74, 6) is 1.87. The molecule has 0 heterocycles. The number of hydrogen-bond donors (Lipinski definition) is 0. The molecular formula is C25H25NO4. The van der Waals surface area contributed by atoms with Gasteiger partial charge in [0.2, 0.25) is 5.78 Å². The van der Waals surface area contributed by atoms with Crippen LogP contribution in [0.2, 0.25) is 0 Å². The van der Waals surface area contributed by atoms with Gasteiger partial charge in [0.25, 0.3) is 0 Å². The Kier molecular flexibility index (Phi) is 7.11. The molecule has 0 aliphatic carbocycles. The molecule has 3 aromatic carbocycles. The van der Waals surface area contributed by atoms with Gasteiger partial charge in [-0.25, -0.2) is 0 Å². The summed E-state index contributed by atoms with van der Waals surface area (Å²) in [6.07, 6.45) is 1.65. The Morgan fingerprint density at radius 1 is 0.867 bits per heavy atom. The third-order valence-corrected chi connectivity index (χ3v) is 4.23. The average molecular weight is 403 g/mol. The van der Waals surface area contributed by atoms with Crippen LogP contribution in [-0.2, 0) is 6.61 Å². The van der Waals surface area contributed by atoms with Crippen molar-refractivity contribution >= 4 is 5.78 Å². The van der Waals surface area contributed by atoms with E-state index in [2.05, 4.69) is 0 Å². The van der Waals surface area contributed by atoms with Crippen molar-refractivity contribution in [1.29, 1.82) is 0 Å². The van der Waals surface area contributed by atoms with Gasteiger partial charge in [-0.05, 0) is 42.0 Å². The molecular weight excluding hydrogens is 378 g/mol. The summed E-state index contributed by atoms with van der Waals surface area (Å²) in [7, 11) is 5.26. The maximum Gasteiger partial charge on any atom is 0.229 e. The molecule has 0 bridgehead atoms. The van der Waals surface area contributed by atoms with E-state index >= 15 is 0 Å². The lowest BCUT2D eigenvalue weighted by atomic mass is 10.1. The van der Waals surface area contributed by atoms with Crippen molar-refractivity contribution < 1.29 is 19.0 Å². The van der Waals surface area contributed by atoms with Gasteiger partial charge in [-0.3, -0.25) is 4.79 Å². The van der Waals surface area contributed by atoms with Gasteiger partial charge in [0.15, 0.2) is 5.76 Å². The van der Waals surface area contributed by atoms with Crippen molar-refractivity contribution in [2.75, 3.05) is 21.2 Å². The van der Waals surface area contributed by atoms with Crippen molar-refractivity contribution in [2.45, 2.75) is 6.61 Å². The van der Waals surface area contributed by atoms with Gasteiger partial charge in [0.1, 0.15) is 23.9 Å². The number of benzene rings is 3. The largest absolute Gasteiger partial charge is 0.497 e. The van der Waals surface area contributed by atoms with Crippen LogP contribution in [0.15, 0.2) is 90.8 Å². The van der Waals surface area contributed by atoms with Gasteiger partial charge < -0.3 is 19.1 Å². The quantitative estimate of drug-likeness (QED) is 0.288. The van der Waals surface area contributed by atoms with E-state index in [4.69, 9.17) is 14.2 Å². The topological polar surface area (TPSA) is 48.0 Å². The van der Waals surface area contributed by atoms with E-state index in [1.807, 2.05) is 56.6 Å². The van der Waals surface area contributed by atoms with Gasteiger partial charge in [0, 0.05) is 31.9 Å². The number of methoxy groups -OCH3 is 1. The van der Waals surface area contributed by atoms with E-state index < -0.39 is 0 Å². The third-order valence-electron chi connectivity index (χ3n) is 4.23. The number of carbonyl (C=O) groups excluding carboxylic acids is 1. The lowest BCUT2D eigenvalue weighted by molar-refractivity contribution is 0.0982. The molecule has 0 atom stereocenters. The molecule has 0 spiro atoms. The van der Waals surface area contributed by atoms with Crippen LogP contribution in [0.1, 0.15) is 15.9 Å². The lowest BCUT2D eigenvalue weighted by Crippen LogP contribution is -2.14. The molecule has 5 nitrogen and oxygen atoms in total. The summed E-state index contributed by atoms with van der Waals surface area (Å²) in [5.41, 5.74) is 1.60. The van der Waals surface area contributed by atoms with E-state index in [9.17, 15) is 4.79 Å². The molecule has 3 rings (SSSR count). The van der Waals surface area contributed by atoms with Crippen molar-refractivity contribution in [3.63, 3.8) is 0 Å². The molecule has 0 aromatic heterocycles. The normalized spacial score (nSPS) is 11.0. The molecule has 154 valence electrons. The standard InChI is InChI=1S/C25H25NO4/c1-26(2)17-24(30-23-11-7-10-22(16-23)28-3)25(27)20-12-14-21(15-13-20)29-18-19-8-5-4-6-9-19/h4-17H,18H2,1-3H3/b24-17-. The SMILES string of the molecule is COc1cccc(O/C(=C\N(C)C)C(=O)c2ccc(OCc3ccccc3)cc2)c1. The smallest absolute Gasteiger partial charge is 0.229 e. The fourth-order valence-electron chi connectivity index (χ4n) is 2.74. The predicted octanol–water partition coefficient (Wildman–Crippen LogP) is 4.94. The molecule has 0 aliphatic heterocycles. The summed E-state index contributed by atoms with van der Waals surface area (Å²) in [4.78, 5) is 14.8. The van der Waals surface area contributed by atoms with E-state index in [0.717, 1.165) is 5.56 Å². The molecule has 0 amide bonds. The first-order chi connectivity index (χ1) is 14.5. The molecule has 30 heavy (non-hydrogen) atoms. The lowest BCUT2D eigenvalue weighted by Gasteiger charge is -2.14. The van der Waals surface area contributed by atoms with Gasteiger partial charge >= 0.3 is 0 Å². The average Bonchev–Trinajstić information content (AvgIpc) is 2.77. The van der Waals surface area contributed by atoms with Gasteiger partial charge in [-0.2, -0.15) is 0 Å². The number of allylic oxidation sites excluding steroid dienone is 1. The fraction of sp³-hybridized carbons (Fsp3) is 0.160. The van der Waals surface area contributed by atoms with E-state index in [1.54, 1.807) is 54.6 Å². The van der Waals surface area contributed by atoms with E-state index in [0.29, 0.717) is 29.4 Å².